The molecule has 2 rings (SSSR count). The molecule has 1 amide bonds. The van der Waals surface area contributed by atoms with Crippen molar-refractivity contribution in [3.8, 4) is 0 Å². The van der Waals surface area contributed by atoms with Crippen molar-refractivity contribution in [3.63, 3.8) is 0 Å². The van der Waals surface area contributed by atoms with Crippen LogP contribution in [0.2, 0.25) is 0 Å². The lowest BCUT2D eigenvalue weighted by Crippen LogP contribution is -2.44. The summed E-state index contributed by atoms with van der Waals surface area (Å²) in [5, 5.41) is 3.18. The lowest BCUT2D eigenvalue weighted by Gasteiger charge is -2.24. The molecular weight excluding hydrogens is 216 g/mol. The molecule has 3 atom stereocenters. The molecule has 0 aromatic heterocycles. The Bertz CT molecular complexity index is 281. The van der Waals surface area contributed by atoms with E-state index in [0.717, 1.165) is 19.5 Å². The Balaban J connectivity index is 1.92. The molecule has 0 saturated carbocycles. The molecule has 17 heavy (non-hydrogen) atoms. The van der Waals surface area contributed by atoms with Crippen molar-refractivity contribution in [1.29, 1.82) is 0 Å². The van der Waals surface area contributed by atoms with Gasteiger partial charge in [0.25, 0.3) is 0 Å². The molecule has 4 nitrogen and oxygen atoms in total. The highest BCUT2D eigenvalue weighted by atomic mass is 16.5. The van der Waals surface area contributed by atoms with Gasteiger partial charge in [-0.25, -0.2) is 0 Å². The number of hydrogen-bond acceptors (Lipinski definition) is 3. The van der Waals surface area contributed by atoms with Crippen LogP contribution < -0.4 is 5.32 Å². The lowest BCUT2D eigenvalue weighted by molar-refractivity contribution is -0.135. The molecule has 2 aliphatic rings. The van der Waals surface area contributed by atoms with Gasteiger partial charge in [0, 0.05) is 19.1 Å². The quantitative estimate of drug-likeness (QED) is 0.790. The van der Waals surface area contributed by atoms with Gasteiger partial charge in [-0.05, 0) is 25.3 Å². The van der Waals surface area contributed by atoms with Crippen LogP contribution in [-0.2, 0) is 9.53 Å². The summed E-state index contributed by atoms with van der Waals surface area (Å²) in [6.07, 6.45) is 1.15. The molecular formula is C13H24N2O2. The van der Waals surface area contributed by atoms with E-state index in [0.29, 0.717) is 25.0 Å². The molecule has 0 aromatic carbocycles. The molecule has 1 N–H and O–H groups in total. The number of ether oxygens (including phenoxy) is 1. The van der Waals surface area contributed by atoms with Crippen molar-refractivity contribution < 1.29 is 9.53 Å². The van der Waals surface area contributed by atoms with Gasteiger partial charge in [-0.3, -0.25) is 4.79 Å². The van der Waals surface area contributed by atoms with E-state index in [1.165, 1.54) is 0 Å². The van der Waals surface area contributed by atoms with E-state index in [9.17, 15) is 4.79 Å². The van der Waals surface area contributed by atoms with Crippen molar-refractivity contribution in [2.75, 3.05) is 33.4 Å². The second kappa shape index (κ2) is 5.36. The summed E-state index contributed by atoms with van der Waals surface area (Å²) in [4.78, 5) is 14.4. The lowest BCUT2D eigenvalue weighted by atomic mass is 9.95. The fraction of sp³-hybridized carbons (Fsp3) is 0.923. The summed E-state index contributed by atoms with van der Waals surface area (Å²) in [6, 6.07) is 0.195. The number of hydrogen-bond donors (Lipinski definition) is 1. The third-order valence-corrected chi connectivity index (χ3v) is 4.25. The number of amides is 1. The van der Waals surface area contributed by atoms with E-state index in [1.807, 2.05) is 11.9 Å². The van der Waals surface area contributed by atoms with Crippen molar-refractivity contribution in [1.82, 2.24) is 10.2 Å². The molecule has 0 aliphatic carbocycles. The fourth-order valence-corrected chi connectivity index (χ4v) is 2.85. The minimum atomic E-state index is 0.0194. The van der Waals surface area contributed by atoms with E-state index in [1.54, 1.807) is 0 Å². The second-order valence-electron chi connectivity index (χ2n) is 5.62. The largest absolute Gasteiger partial charge is 0.379 e. The van der Waals surface area contributed by atoms with Crippen LogP contribution in [0.15, 0.2) is 0 Å². The second-order valence-corrected chi connectivity index (χ2v) is 5.62. The van der Waals surface area contributed by atoms with Gasteiger partial charge in [-0.15, -0.1) is 0 Å². The Morgan fingerprint density at radius 3 is 2.76 bits per heavy atom. The maximum Gasteiger partial charge on any atom is 0.229 e. The standard InChI is InChI=1S/C13H24N2O2/c1-9(2)10-4-5-15(6-10)13(16)11-7-17-8-12(11)14-3/h9-12,14H,4-8H2,1-3H3. The van der Waals surface area contributed by atoms with E-state index in [2.05, 4.69) is 19.2 Å². The molecule has 0 aromatic rings. The van der Waals surface area contributed by atoms with Crippen molar-refractivity contribution in [2.45, 2.75) is 26.3 Å². The van der Waals surface area contributed by atoms with E-state index in [4.69, 9.17) is 4.74 Å². The summed E-state index contributed by atoms with van der Waals surface area (Å²) in [5.41, 5.74) is 0. The first-order valence-corrected chi connectivity index (χ1v) is 6.67. The van der Waals surface area contributed by atoms with Gasteiger partial charge < -0.3 is 15.0 Å². The van der Waals surface area contributed by atoms with Crippen LogP contribution in [0.1, 0.15) is 20.3 Å². The molecule has 0 bridgehead atoms. The van der Waals surface area contributed by atoms with E-state index < -0.39 is 0 Å². The minimum Gasteiger partial charge on any atom is -0.379 e. The van der Waals surface area contributed by atoms with Gasteiger partial charge in [-0.1, -0.05) is 13.8 Å². The predicted octanol–water partition coefficient (Wildman–Crippen LogP) is 0.725. The molecule has 0 radical (unpaired) electrons. The third kappa shape index (κ3) is 2.63. The fourth-order valence-electron chi connectivity index (χ4n) is 2.85. The number of nitrogens with zero attached hydrogens (tertiary/aromatic N) is 1. The van der Waals surface area contributed by atoms with Crippen molar-refractivity contribution in [2.24, 2.45) is 17.8 Å². The minimum absolute atomic E-state index is 0.0194. The van der Waals surface area contributed by atoms with Gasteiger partial charge in [0.2, 0.25) is 5.91 Å². The number of nitrogens with one attached hydrogen (secondary N) is 1. The van der Waals surface area contributed by atoms with Gasteiger partial charge in [0.15, 0.2) is 0 Å². The Morgan fingerprint density at radius 1 is 1.41 bits per heavy atom. The van der Waals surface area contributed by atoms with Crippen molar-refractivity contribution >= 4 is 5.91 Å². The zero-order valence-electron chi connectivity index (χ0n) is 11.1. The van der Waals surface area contributed by atoms with E-state index in [-0.39, 0.29) is 17.9 Å². The highest BCUT2D eigenvalue weighted by Crippen LogP contribution is 2.26. The van der Waals surface area contributed by atoms with Crippen LogP contribution in [0.3, 0.4) is 0 Å². The van der Waals surface area contributed by atoms with Crippen LogP contribution in [-0.4, -0.2) is 50.2 Å². The number of likely N-dealkylation sites (N-methyl/N-ethyl adjacent to an activating group) is 1. The summed E-state index contributed by atoms with van der Waals surface area (Å²) >= 11 is 0. The van der Waals surface area contributed by atoms with Crippen LogP contribution in [0.4, 0.5) is 0 Å². The summed E-state index contributed by atoms with van der Waals surface area (Å²) in [6.45, 7) is 7.58. The first-order valence-electron chi connectivity index (χ1n) is 6.67. The van der Waals surface area contributed by atoms with Crippen LogP contribution >= 0.6 is 0 Å². The molecule has 3 unspecified atom stereocenters. The highest BCUT2D eigenvalue weighted by molar-refractivity contribution is 5.80. The summed E-state index contributed by atoms with van der Waals surface area (Å²) in [7, 11) is 1.90. The van der Waals surface area contributed by atoms with Gasteiger partial charge in [0.1, 0.15) is 0 Å². The normalized spacial score (nSPS) is 33.6. The monoisotopic (exact) mass is 240 g/mol. The molecule has 4 heteroatoms. The Labute approximate surface area is 104 Å². The van der Waals surface area contributed by atoms with E-state index >= 15 is 0 Å². The highest BCUT2D eigenvalue weighted by Gasteiger charge is 2.38. The Kier molecular flexibility index (Phi) is 4.05. The van der Waals surface area contributed by atoms with Gasteiger partial charge in [-0.2, -0.15) is 0 Å². The maximum atomic E-state index is 12.4. The Hall–Kier alpha value is -0.610. The van der Waals surface area contributed by atoms with Gasteiger partial charge >= 0.3 is 0 Å². The average Bonchev–Trinajstić information content (AvgIpc) is 2.96. The maximum absolute atomic E-state index is 12.4. The summed E-state index contributed by atoms with van der Waals surface area (Å²) < 4.78 is 5.41. The zero-order chi connectivity index (χ0) is 12.4. The molecule has 98 valence electrons. The molecule has 2 fully saturated rings. The number of likely N-dealkylation sites (tertiary alicyclic amines) is 1. The van der Waals surface area contributed by atoms with Crippen molar-refractivity contribution in [3.05, 3.63) is 0 Å². The molecule has 2 aliphatic heterocycles. The third-order valence-electron chi connectivity index (χ3n) is 4.25. The topological polar surface area (TPSA) is 41.6 Å². The molecule has 0 spiro atoms. The average molecular weight is 240 g/mol. The SMILES string of the molecule is CNC1COCC1C(=O)N1CCC(C(C)C)C1. The zero-order valence-corrected chi connectivity index (χ0v) is 11.1. The van der Waals surface area contributed by atoms with Gasteiger partial charge in [0.05, 0.1) is 19.1 Å². The summed E-state index contributed by atoms with van der Waals surface area (Å²) in [5.74, 6) is 1.65. The first-order chi connectivity index (χ1) is 8.13. The molecule has 2 heterocycles. The Morgan fingerprint density at radius 2 is 2.18 bits per heavy atom. The molecule has 2 saturated heterocycles. The van der Waals surface area contributed by atoms with Crippen LogP contribution in [0.25, 0.3) is 0 Å². The first kappa shape index (κ1) is 12.8. The smallest absolute Gasteiger partial charge is 0.229 e. The number of carbonyl (C=O) groups excluding carboxylic acids is 1. The number of rotatable bonds is 3. The predicted molar refractivity (Wildman–Crippen MR) is 66.7 cm³/mol. The van der Waals surface area contributed by atoms with Crippen LogP contribution in [0, 0.1) is 17.8 Å². The number of carbonyl (C=O) groups is 1. The van der Waals surface area contributed by atoms with Crippen LogP contribution in [0.5, 0.6) is 0 Å².